The summed E-state index contributed by atoms with van der Waals surface area (Å²) in [7, 11) is 0. The number of amides is 1. The smallest absolute Gasteiger partial charge is 0.338 e. The number of halogens is 4. The lowest BCUT2D eigenvalue weighted by Crippen LogP contribution is -2.31. The minimum absolute atomic E-state index is 0.0763. The van der Waals surface area contributed by atoms with Gasteiger partial charge in [0.25, 0.3) is 5.91 Å². The molecule has 0 bridgehead atoms. The molecule has 0 aliphatic carbocycles. The maximum atomic E-state index is 13.1. The minimum atomic E-state index is -4.86. The van der Waals surface area contributed by atoms with E-state index in [1.165, 1.54) is 4.90 Å². The highest BCUT2D eigenvalue weighted by Crippen LogP contribution is 2.32. The van der Waals surface area contributed by atoms with Crippen LogP contribution >= 0.6 is 0 Å². The molecule has 7 heteroatoms. The van der Waals surface area contributed by atoms with E-state index >= 15 is 0 Å². The molecule has 0 saturated heterocycles. The van der Waals surface area contributed by atoms with Crippen molar-refractivity contribution in [3.63, 3.8) is 0 Å². The zero-order chi connectivity index (χ0) is 15.3. The Kier molecular flexibility index (Phi) is 5.08. The zero-order valence-electron chi connectivity index (χ0n) is 10.7. The van der Waals surface area contributed by atoms with E-state index in [4.69, 9.17) is 5.26 Å². The molecule has 0 unspecified atom stereocenters. The summed E-state index contributed by atoms with van der Waals surface area (Å²) < 4.78 is 50.8. The summed E-state index contributed by atoms with van der Waals surface area (Å²) >= 11 is 0. The molecule has 20 heavy (non-hydrogen) atoms. The quantitative estimate of drug-likeness (QED) is 0.798. The van der Waals surface area contributed by atoms with Crippen LogP contribution in [0.1, 0.15) is 29.3 Å². The fourth-order valence-electron chi connectivity index (χ4n) is 1.65. The van der Waals surface area contributed by atoms with Crippen LogP contribution < -0.4 is 0 Å². The van der Waals surface area contributed by atoms with Gasteiger partial charge in [0.15, 0.2) is 0 Å². The Balaban J connectivity index is 3.08. The number of alkyl halides is 3. The number of carbonyl (C=O) groups is 1. The van der Waals surface area contributed by atoms with Gasteiger partial charge in [-0.25, -0.2) is 4.39 Å². The first-order chi connectivity index (χ1) is 9.31. The van der Waals surface area contributed by atoms with Gasteiger partial charge >= 0.3 is 6.18 Å². The highest BCUT2D eigenvalue weighted by atomic mass is 19.4. The fraction of sp³-hybridized carbons (Fsp3) is 0.385. The topological polar surface area (TPSA) is 44.1 Å². The van der Waals surface area contributed by atoms with Crippen LogP contribution in [0.4, 0.5) is 17.6 Å². The van der Waals surface area contributed by atoms with E-state index in [0.29, 0.717) is 12.1 Å². The first-order valence-electron chi connectivity index (χ1n) is 5.84. The van der Waals surface area contributed by atoms with Crippen LogP contribution in [0.25, 0.3) is 0 Å². The highest BCUT2D eigenvalue weighted by molar-refractivity contribution is 5.94. The largest absolute Gasteiger partial charge is 0.419 e. The van der Waals surface area contributed by atoms with Gasteiger partial charge in [-0.3, -0.25) is 4.79 Å². The van der Waals surface area contributed by atoms with Crippen molar-refractivity contribution in [2.24, 2.45) is 0 Å². The number of rotatable bonds is 4. The second kappa shape index (κ2) is 6.37. The first-order valence-corrected chi connectivity index (χ1v) is 5.84. The Labute approximate surface area is 113 Å². The monoisotopic (exact) mass is 288 g/mol. The Morgan fingerprint density at radius 2 is 2.05 bits per heavy atom. The third-order valence-corrected chi connectivity index (χ3v) is 2.68. The van der Waals surface area contributed by atoms with Crippen molar-refractivity contribution in [3.05, 3.63) is 35.1 Å². The zero-order valence-corrected chi connectivity index (χ0v) is 10.7. The van der Waals surface area contributed by atoms with Gasteiger partial charge in [-0.1, -0.05) is 0 Å². The van der Waals surface area contributed by atoms with E-state index in [-0.39, 0.29) is 25.1 Å². The first kappa shape index (κ1) is 16.0. The SMILES string of the molecule is CCN(CCC#N)C(=O)c1ccc(F)c(C(F)(F)F)c1. The van der Waals surface area contributed by atoms with Crippen LogP contribution in [0.5, 0.6) is 0 Å². The van der Waals surface area contributed by atoms with E-state index in [2.05, 4.69) is 0 Å². The molecule has 1 aromatic carbocycles. The molecule has 0 atom stereocenters. The van der Waals surface area contributed by atoms with Crippen LogP contribution in [-0.2, 0) is 6.18 Å². The molecule has 0 aliphatic heterocycles. The van der Waals surface area contributed by atoms with Crippen molar-refractivity contribution in [1.82, 2.24) is 4.90 Å². The van der Waals surface area contributed by atoms with Crippen LogP contribution in [0.2, 0.25) is 0 Å². The maximum Gasteiger partial charge on any atom is 0.419 e. The number of nitrogens with zero attached hydrogens (tertiary/aromatic N) is 2. The standard InChI is InChI=1S/C13H12F4N2O/c1-2-19(7-3-6-18)12(20)9-4-5-11(14)10(8-9)13(15,16)17/h4-5,8H,2-3,7H2,1H3. The molecule has 0 spiro atoms. The normalized spacial score (nSPS) is 11.0. The Morgan fingerprint density at radius 3 is 2.55 bits per heavy atom. The molecule has 0 aliphatic rings. The van der Waals surface area contributed by atoms with Crippen molar-refractivity contribution in [2.45, 2.75) is 19.5 Å². The predicted molar refractivity (Wildman–Crippen MR) is 63.2 cm³/mol. The van der Waals surface area contributed by atoms with Gasteiger partial charge in [-0.05, 0) is 25.1 Å². The molecular weight excluding hydrogens is 276 g/mol. The maximum absolute atomic E-state index is 13.1. The number of hydrogen-bond acceptors (Lipinski definition) is 2. The van der Waals surface area contributed by atoms with Crippen molar-refractivity contribution in [3.8, 4) is 6.07 Å². The molecule has 0 fully saturated rings. The van der Waals surface area contributed by atoms with Crippen molar-refractivity contribution < 1.29 is 22.4 Å². The minimum Gasteiger partial charge on any atom is -0.338 e. The summed E-state index contributed by atoms with van der Waals surface area (Å²) in [6.45, 7) is 2.01. The molecule has 0 heterocycles. The van der Waals surface area contributed by atoms with Crippen molar-refractivity contribution in [1.29, 1.82) is 5.26 Å². The number of hydrogen-bond donors (Lipinski definition) is 0. The number of carbonyl (C=O) groups excluding carboxylic acids is 1. The van der Waals surface area contributed by atoms with Crippen LogP contribution in [0.15, 0.2) is 18.2 Å². The van der Waals surface area contributed by atoms with Gasteiger partial charge < -0.3 is 4.90 Å². The highest BCUT2D eigenvalue weighted by Gasteiger charge is 2.35. The molecular formula is C13H12F4N2O. The Bertz CT molecular complexity index is 534. The third kappa shape index (κ3) is 3.70. The molecule has 0 N–H and O–H groups in total. The summed E-state index contributed by atoms with van der Waals surface area (Å²) in [6.07, 6.45) is -4.78. The Hall–Kier alpha value is -2.10. The van der Waals surface area contributed by atoms with Crippen LogP contribution in [-0.4, -0.2) is 23.9 Å². The molecule has 0 saturated carbocycles. The van der Waals surface area contributed by atoms with E-state index in [0.717, 1.165) is 6.07 Å². The Morgan fingerprint density at radius 1 is 1.40 bits per heavy atom. The fourth-order valence-corrected chi connectivity index (χ4v) is 1.65. The molecule has 1 rings (SSSR count). The van der Waals surface area contributed by atoms with E-state index in [1.807, 2.05) is 6.07 Å². The molecule has 3 nitrogen and oxygen atoms in total. The van der Waals surface area contributed by atoms with Gasteiger partial charge in [-0.15, -0.1) is 0 Å². The van der Waals surface area contributed by atoms with Gasteiger partial charge in [0, 0.05) is 18.7 Å². The van der Waals surface area contributed by atoms with Crippen LogP contribution in [0.3, 0.4) is 0 Å². The van der Waals surface area contributed by atoms with Gasteiger partial charge in [-0.2, -0.15) is 18.4 Å². The molecule has 0 aromatic heterocycles. The van der Waals surface area contributed by atoms with Crippen molar-refractivity contribution in [2.75, 3.05) is 13.1 Å². The summed E-state index contributed by atoms with van der Waals surface area (Å²) in [5, 5.41) is 8.46. The molecule has 108 valence electrons. The number of nitriles is 1. The summed E-state index contributed by atoms with van der Waals surface area (Å²) in [5.74, 6) is -2.08. The average Bonchev–Trinajstić information content (AvgIpc) is 2.38. The number of benzene rings is 1. The average molecular weight is 288 g/mol. The van der Waals surface area contributed by atoms with E-state index < -0.39 is 23.5 Å². The lowest BCUT2D eigenvalue weighted by molar-refractivity contribution is -0.140. The van der Waals surface area contributed by atoms with Gasteiger partial charge in [0.1, 0.15) is 5.82 Å². The van der Waals surface area contributed by atoms with Crippen LogP contribution in [0, 0.1) is 17.1 Å². The lowest BCUT2D eigenvalue weighted by atomic mass is 10.1. The van der Waals surface area contributed by atoms with Gasteiger partial charge in [0.05, 0.1) is 18.1 Å². The summed E-state index contributed by atoms with van der Waals surface area (Å²) in [6, 6.07) is 3.96. The third-order valence-electron chi connectivity index (χ3n) is 2.68. The van der Waals surface area contributed by atoms with Gasteiger partial charge in [0.2, 0.25) is 0 Å². The second-order valence-electron chi connectivity index (χ2n) is 3.99. The summed E-state index contributed by atoms with van der Waals surface area (Å²) in [5.41, 5.74) is -1.72. The molecule has 1 amide bonds. The summed E-state index contributed by atoms with van der Waals surface area (Å²) in [4.78, 5) is 13.2. The lowest BCUT2D eigenvalue weighted by Gasteiger charge is -2.20. The predicted octanol–water partition coefficient (Wildman–Crippen LogP) is 3.22. The van der Waals surface area contributed by atoms with Crippen molar-refractivity contribution >= 4 is 5.91 Å². The van der Waals surface area contributed by atoms with E-state index in [1.54, 1.807) is 6.92 Å². The second-order valence-corrected chi connectivity index (χ2v) is 3.99. The van der Waals surface area contributed by atoms with E-state index in [9.17, 15) is 22.4 Å². The molecule has 0 radical (unpaired) electrons. The molecule has 1 aromatic rings.